The minimum atomic E-state index is 0.227. The van der Waals surface area contributed by atoms with Crippen LogP contribution in [0, 0.1) is 5.92 Å². The molecule has 1 aliphatic heterocycles. The highest BCUT2D eigenvalue weighted by Gasteiger charge is 2.22. The van der Waals surface area contributed by atoms with Crippen LogP contribution >= 0.6 is 24.0 Å². The van der Waals surface area contributed by atoms with E-state index in [1.807, 2.05) is 30.5 Å². The number of nitrogens with two attached hydrogens (primary N) is 1. The maximum Gasteiger partial charge on any atom is 0.223 e. The number of carbonyl (C=O) groups excluding carboxylic acids is 1. The molecule has 104 valence electrons. The topological polar surface area (TPSA) is 46.3 Å². The van der Waals surface area contributed by atoms with Gasteiger partial charge in [-0.25, -0.2) is 0 Å². The number of hydrogen-bond acceptors (Lipinski definition) is 3. The summed E-state index contributed by atoms with van der Waals surface area (Å²) in [7, 11) is 0. The molecular formula is C13H24N2OS2. The number of rotatable bonds is 6. The first-order valence-electron chi connectivity index (χ1n) is 6.66. The van der Waals surface area contributed by atoms with Gasteiger partial charge in [0.05, 0.1) is 4.99 Å². The molecule has 5 heteroatoms. The summed E-state index contributed by atoms with van der Waals surface area (Å²) >= 11 is 6.88. The molecule has 0 radical (unpaired) electrons. The van der Waals surface area contributed by atoms with Crippen LogP contribution in [0.4, 0.5) is 0 Å². The highest BCUT2D eigenvalue weighted by Crippen LogP contribution is 2.26. The van der Waals surface area contributed by atoms with Gasteiger partial charge in [-0.05, 0) is 44.1 Å². The number of amides is 1. The van der Waals surface area contributed by atoms with E-state index >= 15 is 0 Å². The van der Waals surface area contributed by atoms with E-state index in [-0.39, 0.29) is 11.9 Å². The van der Waals surface area contributed by atoms with Crippen molar-refractivity contribution in [3.05, 3.63) is 0 Å². The predicted octanol–water partition coefficient (Wildman–Crippen LogP) is 2.43. The number of nitrogens with zero attached hydrogens (tertiary/aromatic N) is 1. The fourth-order valence-corrected chi connectivity index (χ4v) is 3.51. The van der Waals surface area contributed by atoms with Crippen molar-refractivity contribution in [2.24, 2.45) is 11.7 Å². The van der Waals surface area contributed by atoms with E-state index in [0.717, 1.165) is 0 Å². The first-order chi connectivity index (χ1) is 8.50. The molecule has 1 rings (SSSR count). The smallest absolute Gasteiger partial charge is 0.223 e. The molecule has 1 saturated heterocycles. The number of thioether (sulfide) groups is 1. The molecule has 1 amide bonds. The fraction of sp³-hybridized carbons (Fsp3) is 0.846. The van der Waals surface area contributed by atoms with Crippen LogP contribution in [0.15, 0.2) is 0 Å². The number of carbonyl (C=O) groups is 1. The Balaban J connectivity index is 2.45. The van der Waals surface area contributed by atoms with Crippen molar-refractivity contribution in [2.45, 2.75) is 45.6 Å². The summed E-state index contributed by atoms with van der Waals surface area (Å²) in [6.45, 7) is 4.76. The van der Waals surface area contributed by atoms with Gasteiger partial charge >= 0.3 is 0 Å². The SMILES string of the molecule is CC(C)N(CCC(N)=S)C(=O)CC1CCSCC1. The molecule has 0 saturated carbocycles. The lowest BCUT2D eigenvalue weighted by atomic mass is 9.98. The lowest BCUT2D eigenvalue weighted by Gasteiger charge is -2.29. The third-order valence-electron chi connectivity index (χ3n) is 3.35. The van der Waals surface area contributed by atoms with E-state index in [2.05, 4.69) is 0 Å². The van der Waals surface area contributed by atoms with Crippen molar-refractivity contribution in [2.75, 3.05) is 18.1 Å². The van der Waals surface area contributed by atoms with Crippen molar-refractivity contribution in [3.63, 3.8) is 0 Å². The molecule has 0 bridgehead atoms. The lowest BCUT2D eigenvalue weighted by molar-refractivity contribution is -0.133. The van der Waals surface area contributed by atoms with Crippen LogP contribution in [0.1, 0.15) is 39.5 Å². The minimum absolute atomic E-state index is 0.227. The highest BCUT2D eigenvalue weighted by atomic mass is 32.2. The standard InChI is InChI=1S/C13H24N2OS2/c1-10(2)15(6-3-12(14)17)13(16)9-11-4-7-18-8-5-11/h10-11H,3-9H2,1-2H3,(H2,14,17). The molecule has 3 nitrogen and oxygen atoms in total. The Hall–Kier alpha value is -0.290. The largest absolute Gasteiger partial charge is 0.393 e. The van der Waals surface area contributed by atoms with Crippen LogP contribution < -0.4 is 5.73 Å². The van der Waals surface area contributed by atoms with Crippen LogP contribution in [0.5, 0.6) is 0 Å². The zero-order valence-corrected chi connectivity index (χ0v) is 13.0. The molecule has 0 atom stereocenters. The summed E-state index contributed by atoms with van der Waals surface area (Å²) in [4.78, 5) is 14.7. The molecule has 0 aliphatic carbocycles. The van der Waals surface area contributed by atoms with Crippen molar-refractivity contribution in [1.82, 2.24) is 4.90 Å². The number of thiocarbonyl (C=S) groups is 1. The molecule has 0 unspecified atom stereocenters. The lowest BCUT2D eigenvalue weighted by Crippen LogP contribution is -2.40. The zero-order chi connectivity index (χ0) is 13.5. The quantitative estimate of drug-likeness (QED) is 0.763. The summed E-state index contributed by atoms with van der Waals surface area (Å²) < 4.78 is 0. The van der Waals surface area contributed by atoms with Gasteiger partial charge < -0.3 is 10.6 Å². The van der Waals surface area contributed by atoms with Crippen LogP contribution in [0.25, 0.3) is 0 Å². The Labute approximate surface area is 120 Å². The van der Waals surface area contributed by atoms with Crippen molar-refractivity contribution < 1.29 is 4.79 Å². The van der Waals surface area contributed by atoms with Gasteiger partial charge in [-0.1, -0.05) is 12.2 Å². The van der Waals surface area contributed by atoms with Gasteiger partial charge in [-0.3, -0.25) is 4.79 Å². The van der Waals surface area contributed by atoms with Crippen LogP contribution in [0.3, 0.4) is 0 Å². The second-order valence-corrected chi connectivity index (χ2v) is 6.91. The van der Waals surface area contributed by atoms with Crippen molar-refractivity contribution >= 4 is 34.9 Å². The first-order valence-corrected chi connectivity index (χ1v) is 8.22. The normalized spacial score (nSPS) is 16.8. The van der Waals surface area contributed by atoms with Gasteiger partial charge in [-0.15, -0.1) is 0 Å². The van der Waals surface area contributed by atoms with Crippen LogP contribution in [-0.2, 0) is 4.79 Å². The van der Waals surface area contributed by atoms with Gasteiger partial charge in [0.15, 0.2) is 0 Å². The van der Waals surface area contributed by atoms with Crippen molar-refractivity contribution in [3.8, 4) is 0 Å². The molecule has 18 heavy (non-hydrogen) atoms. The van der Waals surface area contributed by atoms with Crippen LogP contribution in [0.2, 0.25) is 0 Å². The molecule has 0 aromatic rings. The Morgan fingerprint density at radius 3 is 2.56 bits per heavy atom. The van der Waals surface area contributed by atoms with Crippen LogP contribution in [-0.4, -0.2) is 39.9 Å². The van der Waals surface area contributed by atoms with E-state index in [0.29, 0.717) is 30.3 Å². The van der Waals surface area contributed by atoms with Gasteiger partial charge in [-0.2, -0.15) is 11.8 Å². The van der Waals surface area contributed by atoms with E-state index in [1.165, 1.54) is 24.3 Å². The van der Waals surface area contributed by atoms with Gasteiger partial charge in [0, 0.05) is 25.4 Å². The summed E-state index contributed by atoms with van der Waals surface area (Å²) in [6, 6.07) is 0.227. The Bertz CT molecular complexity index is 289. The van der Waals surface area contributed by atoms with E-state index in [4.69, 9.17) is 18.0 Å². The predicted molar refractivity (Wildman–Crippen MR) is 82.9 cm³/mol. The monoisotopic (exact) mass is 288 g/mol. The van der Waals surface area contributed by atoms with E-state index < -0.39 is 0 Å². The molecular weight excluding hydrogens is 264 g/mol. The van der Waals surface area contributed by atoms with E-state index in [1.54, 1.807) is 0 Å². The summed E-state index contributed by atoms with van der Waals surface area (Å²) in [5, 5.41) is 0. The highest BCUT2D eigenvalue weighted by molar-refractivity contribution is 7.99. The Morgan fingerprint density at radius 2 is 2.06 bits per heavy atom. The molecule has 0 aromatic carbocycles. The average molecular weight is 288 g/mol. The second-order valence-electron chi connectivity index (χ2n) is 5.16. The first kappa shape index (κ1) is 15.8. The summed E-state index contributed by atoms with van der Waals surface area (Å²) in [5.41, 5.74) is 5.52. The summed E-state index contributed by atoms with van der Waals surface area (Å²) in [5.74, 6) is 3.24. The van der Waals surface area contributed by atoms with Gasteiger partial charge in [0.25, 0.3) is 0 Å². The second kappa shape index (κ2) is 8.00. The minimum Gasteiger partial charge on any atom is -0.393 e. The third-order valence-corrected chi connectivity index (χ3v) is 4.60. The Kier molecular flexibility index (Phi) is 7.00. The third kappa shape index (κ3) is 5.57. The molecule has 1 fully saturated rings. The molecule has 1 aliphatic rings. The maximum atomic E-state index is 12.3. The number of hydrogen-bond donors (Lipinski definition) is 1. The average Bonchev–Trinajstić information content (AvgIpc) is 2.29. The van der Waals surface area contributed by atoms with E-state index in [9.17, 15) is 4.79 Å². The van der Waals surface area contributed by atoms with Crippen molar-refractivity contribution in [1.29, 1.82) is 0 Å². The summed E-state index contributed by atoms with van der Waals surface area (Å²) in [6.07, 6.45) is 3.67. The van der Waals surface area contributed by atoms with Gasteiger partial charge in [0.1, 0.15) is 0 Å². The maximum absolute atomic E-state index is 12.3. The molecule has 0 aromatic heterocycles. The molecule has 0 spiro atoms. The Morgan fingerprint density at radius 1 is 1.44 bits per heavy atom. The van der Waals surface area contributed by atoms with Gasteiger partial charge in [0.2, 0.25) is 5.91 Å². The fourth-order valence-electron chi connectivity index (χ4n) is 2.22. The molecule has 2 N–H and O–H groups in total. The molecule has 1 heterocycles. The zero-order valence-electron chi connectivity index (χ0n) is 11.4.